The number of pyridine rings is 1. The van der Waals surface area contributed by atoms with Gasteiger partial charge in [-0.1, -0.05) is 6.07 Å². The summed E-state index contributed by atoms with van der Waals surface area (Å²) in [4.78, 5) is 4.08. The Kier molecular flexibility index (Phi) is 1.73. The van der Waals surface area contributed by atoms with E-state index in [1.165, 1.54) is 5.56 Å². The van der Waals surface area contributed by atoms with Gasteiger partial charge in [0.25, 0.3) is 0 Å². The minimum absolute atomic E-state index is 0.128. The normalized spacial score (nSPS) is 21.9. The molecular formula is C9H12N2O. The van der Waals surface area contributed by atoms with Gasteiger partial charge in [-0.3, -0.25) is 0 Å². The Morgan fingerprint density at radius 2 is 2.42 bits per heavy atom. The van der Waals surface area contributed by atoms with Gasteiger partial charge in [-0.2, -0.15) is 0 Å². The molecule has 0 fully saturated rings. The average molecular weight is 164 g/mol. The van der Waals surface area contributed by atoms with Crippen LogP contribution in [0.3, 0.4) is 0 Å². The fourth-order valence-corrected chi connectivity index (χ4v) is 1.61. The SMILES string of the molecule is CC1NCCc2nc(O)ccc21. The van der Waals surface area contributed by atoms with Crippen molar-refractivity contribution in [2.45, 2.75) is 19.4 Å². The molecule has 0 aromatic carbocycles. The Morgan fingerprint density at radius 1 is 1.58 bits per heavy atom. The van der Waals surface area contributed by atoms with Crippen LogP contribution in [0.2, 0.25) is 0 Å². The van der Waals surface area contributed by atoms with Crippen LogP contribution in [0.4, 0.5) is 0 Å². The quantitative estimate of drug-likeness (QED) is 0.601. The third kappa shape index (κ3) is 1.16. The minimum Gasteiger partial charge on any atom is -0.493 e. The summed E-state index contributed by atoms with van der Waals surface area (Å²) < 4.78 is 0. The van der Waals surface area contributed by atoms with Crippen LogP contribution in [0, 0.1) is 0 Å². The summed E-state index contributed by atoms with van der Waals surface area (Å²) in [6.45, 7) is 3.06. The molecule has 1 aromatic heterocycles. The van der Waals surface area contributed by atoms with E-state index in [1.54, 1.807) is 6.07 Å². The molecular weight excluding hydrogens is 152 g/mol. The maximum absolute atomic E-state index is 9.14. The third-order valence-corrected chi connectivity index (χ3v) is 2.27. The lowest BCUT2D eigenvalue weighted by atomic mass is 10.0. The van der Waals surface area contributed by atoms with Gasteiger partial charge in [0.1, 0.15) is 0 Å². The minimum atomic E-state index is 0.128. The molecule has 12 heavy (non-hydrogen) atoms. The van der Waals surface area contributed by atoms with Crippen LogP contribution < -0.4 is 5.32 Å². The van der Waals surface area contributed by atoms with Crippen molar-refractivity contribution in [2.24, 2.45) is 0 Å². The molecule has 0 aliphatic carbocycles. The largest absolute Gasteiger partial charge is 0.493 e. The highest BCUT2D eigenvalue weighted by molar-refractivity contribution is 5.29. The molecule has 1 aliphatic heterocycles. The van der Waals surface area contributed by atoms with Gasteiger partial charge >= 0.3 is 0 Å². The highest BCUT2D eigenvalue weighted by atomic mass is 16.3. The molecule has 3 nitrogen and oxygen atoms in total. The Morgan fingerprint density at radius 3 is 3.25 bits per heavy atom. The monoisotopic (exact) mass is 164 g/mol. The summed E-state index contributed by atoms with van der Waals surface area (Å²) in [5.41, 5.74) is 2.24. The van der Waals surface area contributed by atoms with Gasteiger partial charge < -0.3 is 10.4 Å². The van der Waals surface area contributed by atoms with E-state index in [1.807, 2.05) is 6.07 Å². The molecule has 0 radical (unpaired) electrons. The molecule has 3 heteroatoms. The number of nitrogens with zero attached hydrogens (tertiary/aromatic N) is 1. The Hall–Kier alpha value is -1.09. The third-order valence-electron chi connectivity index (χ3n) is 2.27. The second-order valence-corrected chi connectivity index (χ2v) is 3.13. The second-order valence-electron chi connectivity index (χ2n) is 3.13. The van der Waals surface area contributed by atoms with Gasteiger partial charge in [0, 0.05) is 25.1 Å². The summed E-state index contributed by atoms with van der Waals surface area (Å²) in [6, 6.07) is 3.94. The van der Waals surface area contributed by atoms with Gasteiger partial charge in [0.2, 0.25) is 5.88 Å². The molecule has 1 aromatic rings. The van der Waals surface area contributed by atoms with Gasteiger partial charge in [-0.05, 0) is 12.5 Å². The zero-order chi connectivity index (χ0) is 8.55. The first-order valence-corrected chi connectivity index (χ1v) is 4.19. The number of nitrogens with one attached hydrogen (secondary N) is 1. The topological polar surface area (TPSA) is 45.2 Å². The molecule has 0 bridgehead atoms. The number of hydrogen-bond acceptors (Lipinski definition) is 3. The summed E-state index contributed by atoms with van der Waals surface area (Å²) >= 11 is 0. The van der Waals surface area contributed by atoms with E-state index in [0.29, 0.717) is 6.04 Å². The number of hydrogen-bond donors (Lipinski definition) is 2. The van der Waals surface area contributed by atoms with Gasteiger partial charge in [0.05, 0.1) is 5.69 Å². The molecule has 1 unspecified atom stereocenters. The summed E-state index contributed by atoms with van der Waals surface area (Å²) in [5.74, 6) is 0.128. The first kappa shape index (κ1) is 7.55. The number of fused-ring (bicyclic) bond motifs is 1. The van der Waals surface area contributed by atoms with Gasteiger partial charge in [0.15, 0.2) is 0 Å². The maximum atomic E-state index is 9.14. The zero-order valence-corrected chi connectivity index (χ0v) is 7.04. The molecule has 2 N–H and O–H groups in total. The van der Waals surface area contributed by atoms with Crippen LogP contribution in [-0.4, -0.2) is 16.6 Å². The standard InChI is InChI=1S/C9H12N2O/c1-6-7-2-3-9(12)11-8(7)4-5-10-6/h2-3,6,10H,4-5H2,1H3,(H,11,12). The molecule has 0 amide bonds. The van der Waals surface area contributed by atoms with E-state index in [0.717, 1.165) is 18.7 Å². The first-order valence-electron chi connectivity index (χ1n) is 4.19. The fraction of sp³-hybridized carbons (Fsp3) is 0.444. The molecule has 1 aliphatic rings. The maximum Gasteiger partial charge on any atom is 0.210 e. The number of aromatic nitrogens is 1. The van der Waals surface area contributed by atoms with E-state index in [9.17, 15) is 0 Å². The summed E-state index contributed by atoms with van der Waals surface area (Å²) in [6.07, 6.45) is 0.911. The first-order chi connectivity index (χ1) is 5.77. The molecule has 2 rings (SSSR count). The molecule has 0 spiro atoms. The van der Waals surface area contributed by atoms with E-state index < -0.39 is 0 Å². The van der Waals surface area contributed by atoms with Crippen molar-refractivity contribution in [3.05, 3.63) is 23.4 Å². The van der Waals surface area contributed by atoms with Gasteiger partial charge in [-0.15, -0.1) is 0 Å². The fourth-order valence-electron chi connectivity index (χ4n) is 1.61. The van der Waals surface area contributed by atoms with E-state index in [2.05, 4.69) is 17.2 Å². The predicted molar refractivity (Wildman–Crippen MR) is 46.0 cm³/mol. The zero-order valence-electron chi connectivity index (χ0n) is 7.04. The lowest BCUT2D eigenvalue weighted by Gasteiger charge is -2.22. The Balaban J connectivity index is 2.46. The summed E-state index contributed by atoms with van der Waals surface area (Å²) in [5, 5.41) is 12.5. The Labute approximate surface area is 71.4 Å². The highest BCUT2D eigenvalue weighted by Gasteiger charge is 2.16. The number of rotatable bonds is 0. The Bertz CT molecular complexity index is 299. The second kappa shape index (κ2) is 2.75. The lowest BCUT2D eigenvalue weighted by Crippen LogP contribution is -2.28. The van der Waals surface area contributed by atoms with E-state index in [-0.39, 0.29) is 5.88 Å². The predicted octanol–water partition coefficient (Wildman–Crippen LogP) is 0.994. The van der Waals surface area contributed by atoms with Crippen molar-refractivity contribution < 1.29 is 5.11 Å². The van der Waals surface area contributed by atoms with Crippen LogP contribution in [0.1, 0.15) is 24.2 Å². The van der Waals surface area contributed by atoms with Crippen molar-refractivity contribution in [3.63, 3.8) is 0 Å². The molecule has 64 valence electrons. The van der Waals surface area contributed by atoms with Crippen molar-refractivity contribution in [3.8, 4) is 5.88 Å². The van der Waals surface area contributed by atoms with Crippen LogP contribution in [0.25, 0.3) is 0 Å². The van der Waals surface area contributed by atoms with Gasteiger partial charge in [-0.25, -0.2) is 4.98 Å². The smallest absolute Gasteiger partial charge is 0.210 e. The van der Waals surface area contributed by atoms with Crippen LogP contribution in [0.15, 0.2) is 12.1 Å². The van der Waals surface area contributed by atoms with Crippen LogP contribution in [0.5, 0.6) is 5.88 Å². The van der Waals surface area contributed by atoms with Crippen molar-refractivity contribution in [1.82, 2.24) is 10.3 Å². The summed E-state index contributed by atoms with van der Waals surface area (Å²) in [7, 11) is 0. The molecule has 0 saturated heterocycles. The van der Waals surface area contributed by atoms with Crippen LogP contribution in [-0.2, 0) is 6.42 Å². The average Bonchev–Trinajstić information content (AvgIpc) is 2.04. The molecule has 1 atom stereocenters. The van der Waals surface area contributed by atoms with E-state index in [4.69, 9.17) is 5.11 Å². The highest BCUT2D eigenvalue weighted by Crippen LogP contribution is 2.22. The van der Waals surface area contributed by atoms with Crippen molar-refractivity contribution in [2.75, 3.05) is 6.54 Å². The molecule has 2 heterocycles. The van der Waals surface area contributed by atoms with Crippen LogP contribution >= 0.6 is 0 Å². The van der Waals surface area contributed by atoms with E-state index >= 15 is 0 Å². The van der Waals surface area contributed by atoms with Crippen molar-refractivity contribution in [1.29, 1.82) is 0 Å². The molecule has 0 saturated carbocycles. The van der Waals surface area contributed by atoms with Crippen molar-refractivity contribution >= 4 is 0 Å². The lowest BCUT2D eigenvalue weighted by molar-refractivity contribution is 0.443. The number of aromatic hydroxyl groups is 1.